The Kier molecular flexibility index (Phi) is 3.78. The molecule has 1 N–H and O–H groups in total. The zero-order valence-electron chi connectivity index (χ0n) is 11.7. The van der Waals surface area contributed by atoms with Crippen LogP contribution in [0.5, 0.6) is 0 Å². The van der Waals surface area contributed by atoms with E-state index in [2.05, 4.69) is 20.0 Å². The van der Waals surface area contributed by atoms with Gasteiger partial charge in [0, 0.05) is 12.1 Å². The molecule has 122 valence electrons. The predicted octanol–water partition coefficient (Wildman–Crippen LogP) is 3.03. The van der Waals surface area contributed by atoms with E-state index in [0.29, 0.717) is 12.5 Å². The van der Waals surface area contributed by atoms with Crippen LogP contribution in [0.2, 0.25) is 0 Å². The van der Waals surface area contributed by atoms with Gasteiger partial charge in [0.25, 0.3) is 5.91 Å². The monoisotopic (exact) mass is 329 g/mol. The van der Waals surface area contributed by atoms with Crippen LogP contribution >= 0.6 is 0 Å². The number of halogens is 4. The quantitative estimate of drug-likeness (QED) is 0.876. The van der Waals surface area contributed by atoms with Crippen LogP contribution in [-0.2, 0) is 6.18 Å². The van der Waals surface area contributed by atoms with Crippen LogP contribution in [0, 0.1) is 11.7 Å². The molecule has 0 radical (unpaired) electrons. The second-order valence-corrected chi connectivity index (χ2v) is 5.27. The van der Waals surface area contributed by atoms with Crippen molar-refractivity contribution in [2.75, 3.05) is 6.54 Å². The predicted molar refractivity (Wildman–Crippen MR) is 69.8 cm³/mol. The highest BCUT2D eigenvalue weighted by molar-refractivity contribution is 5.94. The standard InChI is InChI=1S/C14H11F4N3O2/c15-10-5-8(12(22)19-6-7-1-2-7)3-4-9(10)11-20-13(23-21-11)14(16,17)18/h3-5,7H,1-2,6H2,(H,19,22). The number of amides is 1. The number of aromatic nitrogens is 2. The lowest BCUT2D eigenvalue weighted by molar-refractivity contribution is -0.159. The maximum absolute atomic E-state index is 14.0. The largest absolute Gasteiger partial charge is 0.471 e. The smallest absolute Gasteiger partial charge is 0.352 e. The summed E-state index contributed by atoms with van der Waals surface area (Å²) in [6, 6.07) is 3.37. The Balaban J connectivity index is 1.78. The fourth-order valence-electron chi connectivity index (χ4n) is 1.95. The van der Waals surface area contributed by atoms with Crippen molar-refractivity contribution in [2.45, 2.75) is 19.0 Å². The lowest BCUT2D eigenvalue weighted by Crippen LogP contribution is -2.25. The lowest BCUT2D eigenvalue weighted by atomic mass is 10.1. The van der Waals surface area contributed by atoms with Crippen LogP contribution < -0.4 is 5.32 Å². The molecule has 9 heteroatoms. The number of rotatable bonds is 4. The molecule has 1 amide bonds. The Morgan fingerprint density at radius 3 is 2.65 bits per heavy atom. The molecule has 1 aromatic heterocycles. The van der Waals surface area contributed by atoms with Crippen molar-refractivity contribution >= 4 is 5.91 Å². The van der Waals surface area contributed by atoms with Gasteiger partial charge in [-0.05, 0) is 37.0 Å². The van der Waals surface area contributed by atoms with E-state index in [1.807, 2.05) is 0 Å². The molecule has 5 nitrogen and oxygen atoms in total. The molecular weight excluding hydrogens is 318 g/mol. The molecule has 1 aromatic carbocycles. The van der Waals surface area contributed by atoms with Gasteiger partial charge in [0.1, 0.15) is 5.82 Å². The summed E-state index contributed by atoms with van der Waals surface area (Å²) in [5.41, 5.74) is -0.200. The summed E-state index contributed by atoms with van der Waals surface area (Å²) in [5, 5.41) is 5.78. The van der Waals surface area contributed by atoms with Crippen LogP contribution in [0.25, 0.3) is 11.4 Å². The van der Waals surface area contributed by atoms with Crippen molar-refractivity contribution in [3.63, 3.8) is 0 Å². The van der Waals surface area contributed by atoms with Crippen LogP contribution in [-0.4, -0.2) is 22.6 Å². The maximum Gasteiger partial charge on any atom is 0.471 e. The van der Waals surface area contributed by atoms with Crippen LogP contribution in [0.3, 0.4) is 0 Å². The average molecular weight is 329 g/mol. The minimum Gasteiger partial charge on any atom is -0.352 e. The van der Waals surface area contributed by atoms with Crippen molar-refractivity contribution in [1.29, 1.82) is 0 Å². The van der Waals surface area contributed by atoms with Crippen LogP contribution in [0.15, 0.2) is 22.7 Å². The van der Waals surface area contributed by atoms with E-state index in [0.717, 1.165) is 25.0 Å². The van der Waals surface area contributed by atoms with E-state index in [1.54, 1.807) is 0 Å². The molecule has 1 aliphatic carbocycles. The van der Waals surface area contributed by atoms with Gasteiger partial charge in [-0.3, -0.25) is 4.79 Å². The third-order valence-corrected chi connectivity index (χ3v) is 3.39. The summed E-state index contributed by atoms with van der Waals surface area (Å²) >= 11 is 0. The van der Waals surface area contributed by atoms with E-state index >= 15 is 0 Å². The molecule has 0 bridgehead atoms. The first-order chi connectivity index (χ1) is 10.8. The molecule has 1 aliphatic rings. The molecule has 23 heavy (non-hydrogen) atoms. The van der Waals surface area contributed by atoms with E-state index in [1.165, 1.54) is 6.07 Å². The van der Waals surface area contributed by atoms with E-state index in [4.69, 9.17) is 0 Å². The van der Waals surface area contributed by atoms with Gasteiger partial charge in [-0.1, -0.05) is 5.16 Å². The highest BCUT2D eigenvalue weighted by Gasteiger charge is 2.38. The summed E-state index contributed by atoms with van der Waals surface area (Å²) in [4.78, 5) is 14.9. The van der Waals surface area contributed by atoms with Crippen molar-refractivity contribution in [3.05, 3.63) is 35.5 Å². The van der Waals surface area contributed by atoms with Crippen LogP contribution in [0.4, 0.5) is 17.6 Å². The first-order valence-electron chi connectivity index (χ1n) is 6.83. The van der Waals surface area contributed by atoms with Gasteiger partial charge in [0.2, 0.25) is 5.82 Å². The third kappa shape index (κ3) is 3.49. The minimum absolute atomic E-state index is 0.0754. The molecule has 2 aromatic rings. The number of benzene rings is 1. The number of hydrogen-bond acceptors (Lipinski definition) is 4. The highest BCUT2D eigenvalue weighted by atomic mass is 19.4. The Labute approximate surface area is 127 Å². The van der Waals surface area contributed by atoms with Gasteiger partial charge in [0.15, 0.2) is 0 Å². The van der Waals surface area contributed by atoms with E-state index in [-0.39, 0.29) is 11.1 Å². The Hall–Kier alpha value is -2.45. The topological polar surface area (TPSA) is 68.0 Å². The van der Waals surface area contributed by atoms with Gasteiger partial charge >= 0.3 is 12.1 Å². The lowest BCUT2D eigenvalue weighted by Gasteiger charge is -2.05. The first kappa shape index (κ1) is 15.4. The number of nitrogens with zero attached hydrogens (tertiary/aromatic N) is 2. The van der Waals surface area contributed by atoms with E-state index < -0.39 is 29.6 Å². The molecule has 0 spiro atoms. The normalized spacial score (nSPS) is 14.8. The number of carbonyl (C=O) groups excluding carboxylic acids is 1. The third-order valence-electron chi connectivity index (χ3n) is 3.39. The van der Waals surface area contributed by atoms with E-state index in [9.17, 15) is 22.4 Å². The molecule has 0 saturated heterocycles. The Bertz CT molecular complexity index is 738. The first-order valence-corrected chi connectivity index (χ1v) is 6.83. The summed E-state index contributed by atoms with van der Waals surface area (Å²) < 4.78 is 55.3. The van der Waals surface area contributed by atoms with Crippen molar-refractivity contribution in [1.82, 2.24) is 15.5 Å². The SMILES string of the molecule is O=C(NCC1CC1)c1ccc(-c2noc(C(F)(F)F)n2)c(F)c1. The number of carbonyl (C=O) groups is 1. The number of alkyl halides is 3. The molecule has 3 rings (SSSR count). The molecule has 1 saturated carbocycles. The van der Waals surface area contributed by atoms with Gasteiger partial charge < -0.3 is 9.84 Å². The highest BCUT2D eigenvalue weighted by Crippen LogP contribution is 2.30. The molecule has 1 fully saturated rings. The molecular formula is C14H11F4N3O2. The Morgan fingerprint density at radius 1 is 1.35 bits per heavy atom. The average Bonchev–Trinajstić information content (AvgIpc) is 3.17. The van der Waals surface area contributed by atoms with Gasteiger partial charge in [0.05, 0.1) is 5.56 Å². The second-order valence-electron chi connectivity index (χ2n) is 5.27. The zero-order valence-corrected chi connectivity index (χ0v) is 11.7. The second kappa shape index (κ2) is 5.64. The number of nitrogens with one attached hydrogen (secondary N) is 1. The molecule has 0 atom stereocenters. The molecule has 0 aliphatic heterocycles. The minimum atomic E-state index is -4.80. The fraction of sp³-hybridized carbons (Fsp3) is 0.357. The van der Waals surface area contributed by atoms with Gasteiger partial charge in [-0.2, -0.15) is 18.2 Å². The summed E-state index contributed by atoms with van der Waals surface area (Å²) in [5.74, 6) is -2.95. The summed E-state index contributed by atoms with van der Waals surface area (Å²) in [7, 11) is 0. The molecule has 1 heterocycles. The summed E-state index contributed by atoms with van der Waals surface area (Å²) in [6.07, 6.45) is -2.68. The summed E-state index contributed by atoms with van der Waals surface area (Å²) in [6.45, 7) is 0.530. The van der Waals surface area contributed by atoms with Crippen molar-refractivity contribution in [3.8, 4) is 11.4 Å². The van der Waals surface area contributed by atoms with Gasteiger partial charge in [-0.25, -0.2) is 4.39 Å². The zero-order chi connectivity index (χ0) is 16.6. The molecule has 0 unspecified atom stereocenters. The van der Waals surface area contributed by atoms with Crippen LogP contribution in [0.1, 0.15) is 29.1 Å². The fourth-order valence-corrected chi connectivity index (χ4v) is 1.95. The maximum atomic E-state index is 14.0. The van der Waals surface area contributed by atoms with Crippen molar-refractivity contribution in [2.24, 2.45) is 5.92 Å². The Morgan fingerprint density at radius 2 is 2.09 bits per heavy atom. The van der Waals surface area contributed by atoms with Gasteiger partial charge in [-0.15, -0.1) is 0 Å². The number of hydrogen-bond donors (Lipinski definition) is 1. The van der Waals surface area contributed by atoms with Crippen molar-refractivity contribution < 1.29 is 26.9 Å².